The van der Waals surface area contributed by atoms with Gasteiger partial charge < -0.3 is 5.11 Å². The van der Waals surface area contributed by atoms with Gasteiger partial charge in [0.05, 0.1) is 0 Å². The molecule has 2 unspecified atom stereocenters. The van der Waals surface area contributed by atoms with E-state index in [1.54, 1.807) is 5.57 Å². The van der Waals surface area contributed by atoms with Crippen LogP contribution in [0.3, 0.4) is 0 Å². The van der Waals surface area contributed by atoms with Crippen LogP contribution in [0.2, 0.25) is 0 Å². The summed E-state index contributed by atoms with van der Waals surface area (Å²) in [5.41, 5.74) is 2.04. The predicted octanol–water partition coefficient (Wildman–Crippen LogP) is 4.17. The first-order valence-corrected chi connectivity index (χ1v) is 6.64. The first-order chi connectivity index (χ1) is 7.35. The molecule has 1 rings (SSSR count). The van der Waals surface area contributed by atoms with Crippen LogP contribution in [0, 0.1) is 16.7 Å². The van der Waals surface area contributed by atoms with Crippen LogP contribution in [0.15, 0.2) is 11.6 Å². The maximum atomic E-state index is 9.43. The van der Waals surface area contributed by atoms with Gasteiger partial charge >= 0.3 is 0 Å². The summed E-state index contributed by atoms with van der Waals surface area (Å²) in [4.78, 5) is 0. The van der Waals surface area contributed by atoms with Gasteiger partial charge in [0, 0.05) is 6.61 Å². The van der Waals surface area contributed by atoms with Crippen LogP contribution >= 0.6 is 0 Å². The fourth-order valence-corrected chi connectivity index (χ4v) is 2.57. The summed E-state index contributed by atoms with van der Waals surface area (Å²) in [6.45, 7) is 11.7. The average Bonchev–Trinajstić information content (AvgIpc) is 2.51. The van der Waals surface area contributed by atoms with E-state index in [0.717, 1.165) is 18.8 Å². The fourth-order valence-electron chi connectivity index (χ4n) is 2.57. The van der Waals surface area contributed by atoms with Crippen LogP contribution in [0.25, 0.3) is 0 Å². The Morgan fingerprint density at radius 1 is 1.50 bits per heavy atom. The van der Waals surface area contributed by atoms with Gasteiger partial charge in [-0.1, -0.05) is 39.3 Å². The maximum Gasteiger partial charge on any atom is 0.0484 e. The number of aliphatic hydroxyl groups is 1. The minimum Gasteiger partial charge on any atom is -0.396 e. The van der Waals surface area contributed by atoms with Gasteiger partial charge in [0.2, 0.25) is 0 Å². The number of hydrogen-bond acceptors (Lipinski definition) is 1. The van der Waals surface area contributed by atoms with Crippen molar-refractivity contribution in [2.45, 2.75) is 60.3 Å². The Morgan fingerprint density at radius 2 is 2.12 bits per heavy atom. The van der Waals surface area contributed by atoms with Crippen molar-refractivity contribution in [3.05, 3.63) is 11.6 Å². The van der Waals surface area contributed by atoms with Crippen molar-refractivity contribution < 1.29 is 5.11 Å². The zero-order chi connectivity index (χ0) is 12.4. The van der Waals surface area contributed by atoms with Gasteiger partial charge in [0.25, 0.3) is 0 Å². The summed E-state index contributed by atoms with van der Waals surface area (Å²) in [7, 11) is 0. The lowest BCUT2D eigenvalue weighted by atomic mass is 9.72. The van der Waals surface area contributed by atoms with E-state index in [0.29, 0.717) is 12.0 Å². The van der Waals surface area contributed by atoms with E-state index in [-0.39, 0.29) is 5.41 Å². The topological polar surface area (TPSA) is 20.2 Å². The Kier molecular flexibility index (Phi) is 4.23. The Bertz CT molecular complexity index is 259. The molecule has 16 heavy (non-hydrogen) atoms. The van der Waals surface area contributed by atoms with Crippen LogP contribution < -0.4 is 0 Å². The van der Waals surface area contributed by atoms with Crippen LogP contribution in [0.1, 0.15) is 60.3 Å². The number of rotatable bonds is 5. The van der Waals surface area contributed by atoms with Gasteiger partial charge in [-0.25, -0.2) is 0 Å². The summed E-state index contributed by atoms with van der Waals surface area (Å²) in [5, 5.41) is 9.43. The molecule has 0 amide bonds. The molecule has 1 aliphatic rings. The van der Waals surface area contributed by atoms with Crippen molar-refractivity contribution in [2.75, 3.05) is 6.61 Å². The van der Waals surface area contributed by atoms with Crippen molar-refractivity contribution in [3.63, 3.8) is 0 Å². The van der Waals surface area contributed by atoms with Gasteiger partial charge in [-0.05, 0) is 49.4 Å². The molecule has 0 aliphatic heterocycles. The number of hydrogen-bond donors (Lipinski definition) is 1. The second-order valence-electron chi connectivity index (χ2n) is 6.40. The zero-order valence-electron chi connectivity index (χ0n) is 11.6. The molecular formula is C15H28O. The number of aliphatic hydroxyl groups excluding tert-OH is 1. The maximum absolute atomic E-state index is 9.43. The Balaban J connectivity index is 2.52. The molecule has 0 saturated heterocycles. The molecule has 0 spiro atoms. The molecule has 0 fully saturated rings. The van der Waals surface area contributed by atoms with Crippen molar-refractivity contribution in [3.8, 4) is 0 Å². The molecule has 1 aliphatic carbocycles. The smallest absolute Gasteiger partial charge is 0.0484 e. The van der Waals surface area contributed by atoms with Crippen molar-refractivity contribution in [1.82, 2.24) is 0 Å². The van der Waals surface area contributed by atoms with E-state index < -0.39 is 0 Å². The minimum atomic E-state index is 0.132. The van der Waals surface area contributed by atoms with E-state index in [1.165, 1.54) is 12.8 Å². The highest BCUT2D eigenvalue weighted by molar-refractivity contribution is 5.18. The molecule has 0 aromatic carbocycles. The number of allylic oxidation sites excluding steroid dienone is 2. The van der Waals surface area contributed by atoms with E-state index in [4.69, 9.17) is 0 Å². The monoisotopic (exact) mass is 224 g/mol. The third kappa shape index (κ3) is 2.68. The zero-order valence-corrected chi connectivity index (χ0v) is 11.6. The molecule has 1 heteroatoms. The standard InChI is InChI=1S/C15H28O/c1-6-15(5,11-16)10-9-13-8-7-12(2)14(13,3)4/h7,13,16H,6,8-11H2,1-5H3. The molecule has 0 heterocycles. The van der Waals surface area contributed by atoms with Crippen LogP contribution in [0.4, 0.5) is 0 Å². The minimum absolute atomic E-state index is 0.132. The second kappa shape index (κ2) is 4.91. The van der Waals surface area contributed by atoms with Gasteiger partial charge in [-0.2, -0.15) is 0 Å². The molecular weight excluding hydrogens is 196 g/mol. The third-order valence-corrected chi connectivity index (χ3v) is 5.08. The summed E-state index contributed by atoms with van der Waals surface area (Å²) >= 11 is 0. The summed E-state index contributed by atoms with van der Waals surface area (Å²) in [6.07, 6.45) is 7.08. The van der Waals surface area contributed by atoms with E-state index in [9.17, 15) is 5.11 Å². The lowest BCUT2D eigenvalue weighted by Gasteiger charge is -2.33. The lowest BCUT2D eigenvalue weighted by molar-refractivity contribution is 0.111. The third-order valence-electron chi connectivity index (χ3n) is 5.08. The van der Waals surface area contributed by atoms with Crippen molar-refractivity contribution in [2.24, 2.45) is 16.7 Å². The molecule has 0 saturated carbocycles. The van der Waals surface area contributed by atoms with Crippen molar-refractivity contribution >= 4 is 0 Å². The van der Waals surface area contributed by atoms with E-state index >= 15 is 0 Å². The Morgan fingerprint density at radius 3 is 2.50 bits per heavy atom. The quantitative estimate of drug-likeness (QED) is 0.695. The Hall–Kier alpha value is -0.300. The van der Waals surface area contributed by atoms with Gasteiger partial charge in [0.1, 0.15) is 0 Å². The van der Waals surface area contributed by atoms with Crippen molar-refractivity contribution in [1.29, 1.82) is 0 Å². The molecule has 1 N–H and O–H groups in total. The van der Waals surface area contributed by atoms with E-state index in [1.807, 2.05) is 0 Å². The summed E-state index contributed by atoms with van der Waals surface area (Å²) in [6, 6.07) is 0. The molecule has 0 aromatic rings. The fraction of sp³-hybridized carbons (Fsp3) is 0.867. The second-order valence-corrected chi connectivity index (χ2v) is 6.40. The van der Waals surface area contributed by atoms with Gasteiger partial charge in [-0.3, -0.25) is 0 Å². The Labute approximate surface area is 101 Å². The normalized spacial score (nSPS) is 27.6. The van der Waals surface area contributed by atoms with E-state index in [2.05, 4.69) is 40.7 Å². The highest BCUT2D eigenvalue weighted by Crippen LogP contribution is 2.46. The highest BCUT2D eigenvalue weighted by Gasteiger charge is 2.35. The lowest BCUT2D eigenvalue weighted by Crippen LogP contribution is -2.25. The largest absolute Gasteiger partial charge is 0.396 e. The summed E-state index contributed by atoms with van der Waals surface area (Å²) in [5.74, 6) is 0.768. The summed E-state index contributed by atoms with van der Waals surface area (Å²) < 4.78 is 0. The van der Waals surface area contributed by atoms with Crippen LogP contribution in [0.5, 0.6) is 0 Å². The molecule has 0 bridgehead atoms. The predicted molar refractivity (Wildman–Crippen MR) is 70.4 cm³/mol. The SMILES string of the molecule is CCC(C)(CO)CCC1CC=C(C)C1(C)C. The molecule has 1 nitrogen and oxygen atoms in total. The molecule has 2 atom stereocenters. The first kappa shape index (κ1) is 13.8. The molecule has 94 valence electrons. The van der Waals surface area contributed by atoms with Gasteiger partial charge in [0.15, 0.2) is 0 Å². The molecule has 0 aromatic heterocycles. The first-order valence-electron chi connectivity index (χ1n) is 6.64. The molecule has 0 radical (unpaired) electrons. The highest BCUT2D eigenvalue weighted by atomic mass is 16.3. The van der Waals surface area contributed by atoms with Crippen LogP contribution in [-0.2, 0) is 0 Å². The van der Waals surface area contributed by atoms with Crippen LogP contribution in [-0.4, -0.2) is 11.7 Å². The average molecular weight is 224 g/mol. The van der Waals surface area contributed by atoms with Gasteiger partial charge in [-0.15, -0.1) is 0 Å².